The molecule has 5 N–H and O–H groups in total. The number of urea groups is 1. The summed E-state index contributed by atoms with van der Waals surface area (Å²) in [5.74, 6) is 0.475. The Morgan fingerprint density at radius 2 is 1.82 bits per heavy atom. The van der Waals surface area contributed by atoms with E-state index in [1.54, 1.807) is 0 Å². The highest BCUT2D eigenvalue weighted by Gasteiger charge is 2.11. The molecule has 0 unspecified atom stereocenters. The number of hydrogen-bond donors (Lipinski definition) is 4. The molecular weight excluding hydrogens is 350 g/mol. The van der Waals surface area contributed by atoms with E-state index in [0.717, 1.165) is 44.5 Å². The van der Waals surface area contributed by atoms with Crippen LogP contribution in [0.25, 0.3) is 22.0 Å². The number of aryl methyl sites for hydroxylation is 2. The fourth-order valence-corrected chi connectivity index (χ4v) is 3.32. The van der Waals surface area contributed by atoms with Gasteiger partial charge in [0.1, 0.15) is 0 Å². The van der Waals surface area contributed by atoms with Crippen molar-refractivity contribution in [2.75, 3.05) is 16.4 Å². The number of H-pyrrole nitrogens is 1. The van der Waals surface area contributed by atoms with E-state index in [0.29, 0.717) is 5.82 Å². The molecule has 3 aromatic carbocycles. The number of nitrogens with one attached hydrogen (secondary N) is 3. The lowest BCUT2D eigenvalue weighted by molar-refractivity contribution is 0.262. The average molecular weight is 371 g/mol. The maximum Gasteiger partial charge on any atom is 0.323 e. The smallest absolute Gasteiger partial charge is 0.323 e. The fraction of sp³-hybridized carbons (Fsp3) is 0.0909. The van der Waals surface area contributed by atoms with Crippen molar-refractivity contribution in [3.05, 3.63) is 71.8 Å². The first-order chi connectivity index (χ1) is 13.5. The van der Waals surface area contributed by atoms with Crippen LogP contribution in [0.15, 0.2) is 60.7 Å². The van der Waals surface area contributed by atoms with Crippen LogP contribution in [0.2, 0.25) is 0 Å². The zero-order valence-electron chi connectivity index (χ0n) is 15.7. The van der Waals surface area contributed by atoms with Crippen LogP contribution >= 0.6 is 0 Å². The second-order valence-corrected chi connectivity index (χ2v) is 6.82. The Hall–Kier alpha value is -3.80. The topological polar surface area (TPSA) is 95.8 Å². The van der Waals surface area contributed by atoms with Crippen LogP contribution in [-0.4, -0.2) is 16.2 Å². The van der Waals surface area contributed by atoms with E-state index in [2.05, 4.69) is 20.8 Å². The third-order valence-electron chi connectivity index (χ3n) is 4.68. The van der Waals surface area contributed by atoms with Crippen molar-refractivity contribution < 1.29 is 4.79 Å². The van der Waals surface area contributed by atoms with Crippen LogP contribution < -0.4 is 16.4 Å². The number of anilines is 3. The van der Waals surface area contributed by atoms with Crippen LogP contribution in [0.1, 0.15) is 11.1 Å². The summed E-state index contributed by atoms with van der Waals surface area (Å²) in [5, 5.41) is 13.7. The third-order valence-corrected chi connectivity index (χ3v) is 4.68. The summed E-state index contributed by atoms with van der Waals surface area (Å²) in [6, 6.07) is 19.2. The van der Waals surface area contributed by atoms with Crippen molar-refractivity contribution in [1.82, 2.24) is 10.2 Å². The van der Waals surface area contributed by atoms with Crippen molar-refractivity contribution in [3.8, 4) is 11.1 Å². The van der Waals surface area contributed by atoms with E-state index >= 15 is 0 Å². The van der Waals surface area contributed by atoms with E-state index in [1.165, 1.54) is 0 Å². The van der Waals surface area contributed by atoms with E-state index in [9.17, 15) is 4.79 Å². The largest absolute Gasteiger partial charge is 0.382 e. The van der Waals surface area contributed by atoms with E-state index in [-0.39, 0.29) is 6.03 Å². The highest BCUT2D eigenvalue weighted by molar-refractivity contribution is 6.03. The normalized spacial score (nSPS) is 10.8. The molecule has 6 nitrogen and oxygen atoms in total. The molecule has 0 saturated carbocycles. The molecule has 2 amide bonds. The van der Waals surface area contributed by atoms with Crippen molar-refractivity contribution in [2.24, 2.45) is 0 Å². The predicted octanol–water partition coefficient (Wildman–Crippen LogP) is 5.07. The van der Waals surface area contributed by atoms with Crippen LogP contribution in [0.5, 0.6) is 0 Å². The van der Waals surface area contributed by atoms with Gasteiger partial charge < -0.3 is 16.4 Å². The number of rotatable bonds is 3. The molecule has 0 aliphatic heterocycles. The van der Waals surface area contributed by atoms with Gasteiger partial charge in [0.15, 0.2) is 5.82 Å². The number of amides is 2. The minimum absolute atomic E-state index is 0.275. The monoisotopic (exact) mass is 371 g/mol. The third kappa shape index (κ3) is 3.40. The molecule has 140 valence electrons. The SMILES string of the molecule is Cc1cccc(NC(=O)Nc2ccc(-c3cccc4[nH]nc(N)c34)cc2C)c1. The summed E-state index contributed by atoms with van der Waals surface area (Å²) in [6.07, 6.45) is 0. The standard InChI is InChI=1S/C22H21N5O/c1-13-5-3-6-16(11-13)24-22(28)25-18-10-9-15(12-14(18)2)17-7-4-8-19-20(17)21(23)27-26-19/h3-12H,1-2H3,(H3,23,26,27)(H2,24,25,28). The first-order valence-electron chi connectivity index (χ1n) is 8.99. The lowest BCUT2D eigenvalue weighted by Gasteiger charge is -2.12. The van der Waals surface area contributed by atoms with E-state index < -0.39 is 0 Å². The Labute approximate surface area is 162 Å². The minimum Gasteiger partial charge on any atom is -0.382 e. The molecule has 0 aliphatic carbocycles. The molecule has 0 fully saturated rings. The number of aromatic nitrogens is 2. The Kier molecular flexibility index (Phi) is 4.45. The number of carbonyl (C=O) groups is 1. The summed E-state index contributed by atoms with van der Waals surface area (Å²) < 4.78 is 0. The fourth-order valence-electron chi connectivity index (χ4n) is 3.32. The van der Waals surface area contributed by atoms with E-state index in [4.69, 9.17) is 5.73 Å². The molecule has 0 spiro atoms. The molecule has 1 aromatic heterocycles. The quantitative estimate of drug-likeness (QED) is 0.405. The second-order valence-electron chi connectivity index (χ2n) is 6.82. The average Bonchev–Trinajstić information content (AvgIpc) is 3.05. The number of nitrogens with two attached hydrogens (primary N) is 1. The lowest BCUT2D eigenvalue weighted by Crippen LogP contribution is -2.20. The van der Waals surface area contributed by atoms with Crippen LogP contribution in [0.4, 0.5) is 22.0 Å². The number of benzene rings is 3. The molecule has 0 aliphatic rings. The number of aromatic amines is 1. The Bertz CT molecular complexity index is 1180. The van der Waals surface area contributed by atoms with Gasteiger partial charge in [0.2, 0.25) is 0 Å². The molecule has 4 rings (SSSR count). The molecule has 28 heavy (non-hydrogen) atoms. The molecular formula is C22H21N5O. The Morgan fingerprint density at radius 3 is 2.61 bits per heavy atom. The molecule has 6 heteroatoms. The first kappa shape index (κ1) is 17.6. The summed E-state index contributed by atoms with van der Waals surface area (Å²) in [7, 11) is 0. The van der Waals surface area contributed by atoms with Crippen molar-refractivity contribution in [1.29, 1.82) is 0 Å². The van der Waals surface area contributed by atoms with Gasteiger partial charge in [-0.15, -0.1) is 0 Å². The maximum atomic E-state index is 12.3. The number of carbonyl (C=O) groups excluding carboxylic acids is 1. The zero-order valence-corrected chi connectivity index (χ0v) is 15.7. The van der Waals surface area contributed by atoms with Gasteiger partial charge in [-0.25, -0.2) is 4.79 Å². The number of fused-ring (bicyclic) bond motifs is 1. The highest BCUT2D eigenvalue weighted by Crippen LogP contribution is 2.33. The minimum atomic E-state index is -0.275. The summed E-state index contributed by atoms with van der Waals surface area (Å²) in [6.45, 7) is 3.95. The highest BCUT2D eigenvalue weighted by atomic mass is 16.2. The van der Waals surface area contributed by atoms with Crippen molar-refractivity contribution >= 4 is 34.1 Å². The lowest BCUT2D eigenvalue weighted by atomic mass is 9.99. The van der Waals surface area contributed by atoms with Gasteiger partial charge in [-0.1, -0.05) is 30.3 Å². The zero-order chi connectivity index (χ0) is 19.7. The first-order valence-corrected chi connectivity index (χ1v) is 8.99. The Morgan fingerprint density at radius 1 is 1.00 bits per heavy atom. The van der Waals surface area contributed by atoms with Crippen LogP contribution in [0, 0.1) is 13.8 Å². The summed E-state index contributed by atoms with van der Waals surface area (Å²) >= 11 is 0. The molecule has 0 radical (unpaired) electrons. The van der Waals surface area contributed by atoms with Gasteiger partial charge in [0, 0.05) is 11.4 Å². The predicted molar refractivity (Wildman–Crippen MR) is 114 cm³/mol. The second kappa shape index (κ2) is 7.08. The van der Waals surface area contributed by atoms with Crippen LogP contribution in [0.3, 0.4) is 0 Å². The van der Waals surface area contributed by atoms with Gasteiger partial charge in [-0.3, -0.25) is 5.10 Å². The van der Waals surface area contributed by atoms with Gasteiger partial charge in [0.05, 0.1) is 10.9 Å². The van der Waals surface area contributed by atoms with Gasteiger partial charge in [-0.2, -0.15) is 5.10 Å². The summed E-state index contributed by atoms with van der Waals surface area (Å²) in [5.41, 5.74) is 12.5. The molecule has 4 aromatic rings. The van der Waals surface area contributed by atoms with Gasteiger partial charge >= 0.3 is 6.03 Å². The molecule has 0 atom stereocenters. The van der Waals surface area contributed by atoms with Crippen LogP contribution in [-0.2, 0) is 0 Å². The Balaban J connectivity index is 1.58. The number of nitrogen functional groups attached to an aromatic ring is 1. The van der Waals surface area contributed by atoms with Gasteiger partial charge in [0.25, 0.3) is 0 Å². The molecule has 1 heterocycles. The summed E-state index contributed by atoms with van der Waals surface area (Å²) in [4.78, 5) is 12.3. The number of hydrogen-bond acceptors (Lipinski definition) is 3. The molecule has 0 bridgehead atoms. The molecule has 0 saturated heterocycles. The van der Waals surface area contributed by atoms with Crippen molar-refractivity contribution in [2.45, 2.75) is 13.8 Å². The van der Waals surface area contributed by atoms with E-state index in [1.807, 2.05) is 74.5 Å². The maximum absolute atomic E-state index is 12.3. The van der Waals surface area contributed by atoms with Crippen molar-refractivity contribution in [3.63, 3.8) is 0 Å². The van der Waals surface area contributed by atoms with Gasteiger partial charge in [-0.05, 0) is 66.4 Å². The number of nitrogens with zero attached hydrogens (tertiary/aromatic N) is 1.